The van der Waals surface area contributed by atoms with Crippen molar-refractivity contribution in [3.8, 4) is 0 Å². The van der Waals surface area contributed by atoms with E-state index in [2.05, 4.69) is 11.0 Å². The maximum atomic E-state index is 11.5. The molecule has 0 aliphatic carbocycles. The van der Waals surface area contributed by atoms with Crippen molar-refractivity contribution in [1.29, 1.82) is 0 Å². The molecule has 0 amide bonds. The molecule has 1 saturated heterocycles. The van der Waals surface area contributed by atoms with E-state index in [0.29, 0.717) is 12.5 Å². The number of esters is 1. The number of likely N-dealkylation sites (tertiary alicyclic amines) is 1. The fraction of sp³-hybridized carbons (Fsp3) is 0.562. The number of benzene rings is 1. The minimum atomic E-state index is -0.189. The van der Waals surface area contributed by atoms with Crippen LogP contribution in [0.2, 0.25) is 0 Å². The number of nitrogens with zero attached hydrogens (tertiary/aromatic N) is 1. The Labute approximate surface area is 120 Å². The molecule has 0 spiro atoms. The van der Waals surface area contributed by atoms with Crippen LogP contribution in [-0.2, 0) is 27.2 Å². The summed E-state index contributed by atoms with van der Waals surface area (Å²) in [5.41, 5.74) is 2.26. The molecule has 0 bridgehead atoms. The van der Waals surface area contributed by atoms with Gasteiger partial charge in [0.25, 0.3) is 0 Å². The summed E-state index contributed by atoms with van der Waals surface area (Å²) < 4.78 is 10.2. The van der Waals surface area contributed by atoms with E-state index >= 15 is 0 Å². The number of hydrogen-bond donors (Lipinski definition) is 0. The molecular weight excluding hydrogens is 254 g/mol. The van der Waals surface area contributed by atoms with E-state index in [1.165, 1.54) is 12.7 Å². The van der Waals surface area contributed by atoms with Crippen LogP contribution in [0.1, 0.15) is 24.0 Å². The predicted molar refractivity (Wildman–Crippen MR) is 77.5 cm³/mol. The molecule has 0 aromatic heterocycles. The standard InChI is InChI=1S/C16H23NO3/c1-19-15-8-5-9-17(12-15)11-14-7-4-3-6-13(14)10-16(18)20-2/h3-4,6-7,15H,5,8-12H2,1-2H3. The summed E-state index contributed by atoms with van der Waals surface area (Å²) in [4.78, 5) is 13.9. The van der Waals surface area contributed by atoms with E-state index in [0.717, 1.165) is 38.0 Å². The molecule has 4 heteroatoms. The van der Waals surface area contributed by atoms with Crippen LogP contribution in [0.5, 0.6) is 0 Å². The van der Waals surface area contributed by atoms with Crippen LogP contribution in [0, 0.1) is 0 Å². The predicted octanol–water partition coefficient (Wildman–Crippen LogP) is 2.01. The van der Waals surface area contributed by atoms with Gasteiger partial charge in [-0.25, -0.2) is 0 Å². The van der Waals surface area contributed by atoms with Crippen LogP contribution in [0.15, 0.2) is 24.3 Å². The number of piperidine rings is 1. The van der Waals surface area contributed by atoms with Gasteiger partial charge in [-0.05, 0) is 30.5 Å². The monoisotopic (exact) mass is 277 g/mol. The summed E-state index contributed by atoms with van der Waals surface area (Å²) in [6.07, 6.45) is 2.97. The Morgan fingerprint density at radius 3 is 2.75 bits per heavy atom. The minimum Gasteiger partial charge on any atom is -0.469 e. The van der Waals surface area contributed by atoms with Gasteiger partial charge in [0, 0.05) is 20.2 Å². The second-order valence-corrected chi connectivity index (χ2v) is 5.26. The molecular formula is C16H23NO3. The zero-order chi connectivity index (χ0) is 14.4. The summed E-state index contributed by atoms with van der Waals surface area (Å²) in [5.74, 6) is -0.189. The maximum Gasteiger partial charge on any atom is 0.309 e. The molecule has 1 aliphatic rings. The van der Waals surface area contributed by atoms with Crippen LogP contribution in [0.25, 0.3) is 0 Å². The molecule has 20 heavy (non-hydrogen) atoms. The SMILES string of the molecule is COC(=O)Cc1ccccc1CN1CCCC(OC)C1. The van der Waals surface area contributed by atoms with E-state index in [-0.39, 0.29) is 5.97 Å². The highest BCUT2D eigenvalue weighted by Crippen LogP contribution is 2.18. The number of carbonyl (C=O) groups is 1. The zero-order valence-corrected chi connectivity index (χ0v) is 12.3. The first-order valence-corrected chi connectivity index (χ1v) is 7.11. The lowest BCUT2D eigenvalue weighted by molar-refractivity contribution is -0.139. The maximum absolute atomic E-state index is 11.5. The van der Waals surface area contributed by atoms with E-state index in [1.54, 1.807) is 7.11 Å². The van der Waals surface area contributed by atoms with Crippen molar-refractivity contribution in [3.05, 3.63) is 35.4 Å². The summed E-state index contributed by atoms with van der Waals surface area (Å²) in [7, 11) is 3.21. The highest BCUT2D eigenvalue weighted by Gasteiger charge is 2.20. The third-order valence-corrected chi connectivity index (χ3v) is 3.87. The number of rotatable bonds is 5. The highest BCUT2D eigenvalue weighted by atomic mass is 16.5. The molecule has 0 saturated carbocycles. The second-order valence-electron chi connectivity index (χ2n) is 5.26. The third-order valence-electron chi connectivity index (χ3n) is 3.87. The second kappa shape index (κ2) is 7.41. The van der Waals surface area contributed by atoms with Gasteiger partial charge in [0.15, 0.2) is 0 Å². The summed E-state index contributed by atoms with van der Waals surface area (Å²) in [5, 5.41) is 0. The third kappa shape index (κ3) is 4.05. The van der Waals surface area contributed by atoms with Crippen LogP contribution in [-0.4, -0.2) is 44.3 Å². The van der Waals surface area contributed by atoms with Crippen molar-refractivity contribution in [1.82, 2.24) is 4.90 Å². The van der Waals surface area contributed by atoms with Gasteiger partial charge in [-0.2, -0.15) is 0 Å². The Morgan fingerprint density at radius 1 is 1.30 bits per heavy atom. The fourth-order valence-corrected chi connectivity index (χ4v) is 2.70. The van der Waals surface area contributed by atoms with Crippen molar-refractivity contribution in [3.63, 3.8) is 0 Å². The largest absolute Gasteiger partial charge is 0.469 e. The van der Waals surface area contributed by atoms with E-state index < -0.39 is 0 Å². The Balaban J connectivity index is 2.03. The molecule has 1 unspecified atom stereocenters. The van der Waals surface area contributed by atoms with Gasteiger partial charge in [0.1, 0.15) is 0 Å². The smallest absolute Gasteiger partial charge is 0.309 e. The molecule has 1 aromatic carbocycles. The van der Waals surface area contributed by atoms with Crippen molar-refractivity contribution >= 4 is 5.97 Å². The summed E-state index contributed by atoms with van der Waals surface area (Å²) in [6, 6.07) is 8.09. The van der Waals surface area contributed by atoms with Gasteiger partial charge in [-0.1, -0.05) is 24.3 Å². The van der Waals surface area contributed by atoms with Crippen LogP contribution in [0.4, 0.5) is 0 Å². The first kappa shape index (κ1) is 15.0. The molecule has 110 valence electrons. The lowest BCUT2D eigenvalue weighted by Crippen LogP contribution is -2.38. The van der Waals surface area contributed by atoms with E-state index in [4.69, 9.17) is 9.47 Å². The van der Waals surface area contributed by atoms with Gasteiger partial charge < -0.3 is 9.47 Å². The van der Waals surface area contributed by atoms with Gasteiger partial charge in [0.2, 0.25) is 0 Å². The zero-order valence-electron chi connectivity index (χ0n) is 12.3. The number of carbonyl (C=O) groups excluding carboxylic acids is 1. The fourth-order valence-electron chi connectivity index (χ4n) is 2.70. The Bertz CT molecular complexity index is 447. The van der Waals surface area contributed by atoms with Gasteiger partial charge in [-0.3, -0.25) is 9.69 Å². The van der Waals surface area contributed by atoms with Crippen LogP contribution < -0.4 is 0 Å². The number of hydrogen-bond acceptors (Lipinski definition) is 4. The molecule has 1 aliphatic heterocycles. The van der Waals surface area contributed by atoms with Crippen LogP contribution in [0.3, 0.4) is 0 Å². The molecule has 2 rings (SSSR count). The van der Waals surface area contributed by atoms with Crippen molar-refractivity contribution in [2.24, 2.45) is 0 Å². The van der Waals surface area contributed by atoms with Gasteiger partial charge in [0.05, 0.1) is 19.6 Å². The van der Waals surface area contributed by atoms with Crippen LogP contribution >= 0.6 is 0 Å². The lowest BCUT2D eigenvalue weighted by Gasteiger charge is -2.32. The Kier molecular flexibility index (Phi) is 5.56. The number of ether oxygens (including phenoxy) is 2. The molecule has 1 fully saturated rings. The molecule has 1 atom stereocenters. The van der Waals surface area contributed by atoms with Crippen molar-refractivity contribution < 1.29 is 14.3 Å². The lowest BCUT2D eigenvalue weighted by atomic mass is 10.0. The normalized spacial score (nSPS) is 19.8. The molecule has 1 aromatic rings. The van der Waals surface area contributed by atoms with Crippen molar-refractivity contribution in [2.45, 2.75) is 31.9 Å². The Hall–Kier alpha value is -1.39. The average molecular weight is 277 g/mol. The molecule has 4 nitrogen and oxygen atoms in total. The Morgan fingerprint density at radius 2 is 2.05 bits per heavy atom. The first-order chi connectivity index (χ1) is 9.72. The van der Waals surface area contributed by atoms with E-state index in [9.17, 15) is 4.79 Å². The van der Waals surface area contributed by atoms with Crippen molar-refractivity contribution in [2.75, 3.05) is 27.3 Å². The van der Waals surface area contributed by atoms with Gasteiger partial charge >= 0.3 is 5.97 Å². The molecule has 1 heterocycles. The van der Waals surface area contributed by atoms with Gasteiger partial charge in [-0.15, -0.1) is 0 Å². The molecule has 0 N–H and O–H groups in total. The quantitative estimate of drug-likeness (QED) is 0.772. The summed E-state index contributed by atoms with van der Waals surface area (Å²) in [6.45, 7) is 2.92. The average Bonchev–Trinajstić information content (AvgIpc) is 2.49. The number of methoxy groups -OCH3 is 2. The summed E-state index contributed by atoms with van der Waals surface area (Å²) >= 11 is 0. The topological polar surface area (TPSA) is 38.8 Å². The highest BCUT2D eigenvalue weighted by molar-refractivity contribution is 5.72. The van der Waals surface area contributed by atoms with E-state index in [1.807, 2.05) is 18.2 Å². The molecule has 0 radical (unpaired) electrons. The minimum absolute atomic E-state index is 0.189. The first-order valence-electron chi connectivity index (χ1n) is 7.11.